The van der Waals surface area contributed by atoms with Crippen LogP contribution < -0.4 is 10.6 Å². The van der Waals surface area contributed by atoms with Crippen molar-refractivity contribution in [2.45, 2.75) is 20.0 Å². The second-order valence-corrected chi connectivity index (χ2v) is 6.06. The zero-order valence-corrected chi connectivity index (χ0v) is 15.2. The number of ether oxygens (including phenoxy) is 1. The molecule has 1 atom stereocenters. The highest BCUT2D eigenvalue weighted by Gasteiger charge is 2.19. The Morgan fingerprint density at radius 1 is 1.08 bits per heavy atom. The third kappa shape index (κ3) is 4.81. The molecule has 2 N–H and O–H groups in total. The molecule has 2 aromatic carbocycles. The standard InChI is InChI=1S/C19H21ClN2O3/c1-12-7-6-10-16(13(12)2)22-19(24)18(23)21-11-17(25-3)14-8-4-5-9-15(14)20/h4-10,17H,11H2,1-3H3,(H,21,23)(H,22,24). The van der Waals surface area contributed by atoms with Gasteiger partial charge in [-0.05, 0) is 37.1 Å². The number of rotatable bonds is 5. The predicted molar refractivity (Wildman–Crippen MR) is 98.8 cm³/mol. The second-order valence-electron chi connectivity index (χ2n) is 5.66. The molecule has 0 spiro atoms. The van der Waals surface area contributed by atoms with Gasteiger partial charge in [0.25, 0.3) is 0 Å². The Kier molecular flexibility index (Phi) is 6.56. The lowest BCUT2D eigenvalue weighted by Gasteiger charge is -2.17. The first-order chi connectivity index (χ1) is 11.9. The molecule has 132 valence electrons. The van der Waals surface area contributed by atoms with Crippen LogP contribution in [0.1, 0.15) is 22.8 Å². The van der Waals surface area contributed by atoms with Crippen LogP contribution in [0.5, 0.6) is 0 Å². The maximum Gasteiger partial charge on any atom is 0.313 e. The molecule has 2 amide bonds. The van der Waals surface area contributed by atoms with E-state index in [1.54, 1.807) is 12.1 Å². The number of benzene rings is 2. The maximum atomic E-state index is 12.1. The fourth-order valence-electron chi connectivity index (χ4n) is 2.39. The number of hydrogen-bond acceptors (Lipinski definition) is 3. The number of anilines is 1. The zero-order valence-electron chi connectivity index (χ0n) is 14.4. The number of carbonyl (C=O) groups excluding carboxylic acids is 2. The SMILES string of the molecule is COC(CNC(=O)C(=O)Nc1cccc(C)c1C)c1ccccc1Cl. The Bertz CT molecular complexity index is 777. The molecule has 0 aliphatic rings. The van der Waals surface area contributed by atoms with Crippen LogP contribution in [0.3, 0.4) is 0 Å². The molecule has 25 heavy (non-hydrogen) atoms. The molecule has 0 saturated carbocycles. The molecular formula is C19H21ClN2O3. The molecule has 0 aliphatic carbocycles. The predicted octanol–water partition coefficient (Wildman–Crippen LogP) is 3.40. The fraction of sp³-hybridized carbons (Fsp3) is 0.263. The Morgan fingerprint density at radius 2 is 1.80 bits per heavy atom. The number of amides is 2. The summed E-state index contributed by atoms with van der Waals surface area (Å²) in [5.41, 5.74) is 3.34. The van der Waals surface area contributed by atoms with E-state index < -0.39 is 17.9 Å². The molecule has 6 heteroatoms. The monoisotopic (exact) mass is 360 g/mol. The van der Waals surface area contributed by atoms with Crippen molar-refractivity contribution in [3.05, 3.63) is 64.2 Å². The van der Waals surface area contributed by atoms with Gasteiger partial charge in [0, 0.05) is 29.9 Å². The van der Waals surface area contributed by atoms with Crippen LogP contribution in [0.25, 0.3) is 0 Å². The summed E-state index contributed by atoms with van der Waals surface area (Å²) in [6.07, 6.45) is -0.439. The van der Waals surface area contributed by atoms with Crippen LogP contribution in [0, 0.1) is 13.8 Å². The summed E-state index contributed by atoms with van der Waals surface area (Å²) in [6.45, 7) is 3.97. The van der Waals surface area contributed by atoms with E-state index in [4.69, 9.17) is 16.3 Å². The summed E-state index contributed by atoms with van der Waals surface area (Å²) in [6, 6.07) is 12.7. The van der Waals surface area contributed by atoms with Crippen molar-refractivity contribution in [2.75, 3.05) is 19.0 Å². The summed E-state index contributed by atoms with van der Waals surface area (Å²) in [5.74, 6) is -1.45. The first kappa shape index (κ1) is 19.0. The Morgan fingerprint density at radius 3 is 2.48 bits per heavy atom. The first-order valence-electron chi connectivity index (χ1n) is 7.86. The summed E-state index contributed by atoms with van der Waals surface area (Å²) in [7, 11) is 1.52. The smallest absolute Gasteiger partial charge is 0.313 e. The number of hydrogen-bond donors (Lipinski definition) is 2. The second kappa shape index (κ2) is 8.65. The van der Waals surface area contributed by atoms with E-state index in [0.29, 0.717) is 10.7 Å². The maximum absolute atomic E-state index is 12.1. The van der Waals surface area contributed by atoms with E-state index in [1.165, 1.54) is 7.11 Å². The molecule has 0 bridgehead atoms. The number of halogens is 1. The van der Waals surface area contributed by atoms with Crippen molar-refractivity contribution < 1.29 is 14.3 Å². The number of methoxy groups -OCH3 is 1. The first-order valence-corrected chi connectivity index (χ1v) is 8.24. The lowest BCUT2D eigenvalue weighted by molar-refractivity contribution is -0.136. The molecule has 0 heterocycles. The van der Waals surface area contributed by atoms with Gasteiger partial charge in [-0.3, -0.25) is 9.59 Å². The number of nitrogens with one attached hydrogen (secondary N) is 2. The number of aryl methyl sites for hydroxylation is 1. The average Bonchev–Trinajstić information content (AvgIpc) is 2.60. The van der Waals surface area contributed by atoms with Gasteiger partial charge in [-0.25, -0.2) is 0 Å². The molecule has 2 rings (SSSR count). The molecule has 5 nitrogen and oxygen atoms in total. The molecule has 0 fully saturated rings. The molecule has 0 aliphatic heterocycles. The lowest BCUT2D eigenvalue weighted by Crippen LogP contribution is -2.38. The molecule has 0 saturated heterocycles. The highest BCUT2D eigenvalue weighted by atomic mass is 35.5. The summed E-state index contributed by atoms with van der Waals surface area (Å²) >= 11 is 6.14. The largest absolute Gasteiger partial charge is 0.375 e. The quantitative estimate of drug-likeness (QED) is 0.803. The minimum atomic E-state index is -0.727. The van der Waals surface area contributed by atoms with E-state index in [-0.39, 0.29) is 6.54 Å². The number of carbonyl (C=O) groups is 2. The Hall–Kier alpha value is -2.37. The van der Waals surface area contributed by atoms with Crippen molar-refractivity contribution in [2.24, 2.45) is 0 Å². The van der Waals surface area contributed by atoms with Gasteiger partial charge >= 0.3 is 11.8 Å². The van der Waals surface area contributed by atoms with Crippen LogP contribution in [-0.2, 0) is 14.3 Å². The lowest BCUT2D eigenvalue weighted by atomic mass is 10.1. The average molecular weight is 361 g/mol. The molecule has 0 aromatic heterocycles. The van der Waals surface area contributed by atoms with E-state index >= 15 is 0 Å². The van der Waals surface area contributed by atoms with Crippen LogP contribution in [0.4, 0.5) is 5.69 Å². The van der Waals surface area contributed by atoms with E-state index in [1.807, 2.05) is 44.2 Å². The summed E-state index contributed by atoms with van der Waals surface area (Å²) < 4.78 is 5.37. The normalized spacial score (nSPS) is 11.7. The van der Waals surface area contributed by atoms with Crippen molar-refractivity contribution in [1.29, 1.82) is 0 Å². The zero-order chi connectivity index (χ0) is 18.4. The molecule has 2 aromatic rings. The van der Waals surface area contributed by atoms with Crippen molar-refractivity contribution >= 4 is 29.1 Å². The Labute approximate surface area is 152 Å². The van der Waals surface area contributed by atoms with Crippen LogP contribution in [0.15, 0.2) is 42.5 Å². The van der Waals surface area contributed by atoms with Gasteiger partial charge < -0.3 is 15.4 Å². The third-order valence-corrected chi connectivity index (χ3v) is 4.39. The van der Waals surface area contributed by atoms with E-state index in [0.717, 1.165) is 16.7 Å². The minimum absolute atomic E-state index is 0.138. The topological polar surface area (TPSA) is 67.4 Å². The van der Waals surface area contributed by atoms with Gasteiger partial charge in [-0.2, -0.15) is 0 Å². The summed E-state index contributed by atoms with van der Waals surface area (Å²) in [4.78, 5) is 24.2. The van der Waals surface area contributed by atoms with Gasteiger partial charge in [-0.15, -0.1) is 0 Å². The molecule has 0 radical (unpaired) electrons. The van der Waals surface area contributed by atoms with Crippen LogP contribution in [0.2, 0.25) is 5.02 Å². The van der Waals surface area contributed by atoms with Gasteiger partial charge in [0.2, 0.25) is 0 Å². The van der Waals surface area contributed by atoms with Crippen molar-refractivity contribution in [1.82, 2.24) is 5.32 Å². The van der Waals surface area contributed by atoms with Gasteiger partial charge in [0.15, 0.2) is 0 Å². The van der Waals surface area contributed by atoms with Gasteiger partial charge in [-0.1, -0.05) is 41.9 Å². The van der Waals surface area contributed by atoms with Crippen LogP contribution >= 0.6 is 11.6 Å². The highest BCUT2D eigenvalue weighted by Crippen LogP contribution is 2.24. The van der Waals surface area contributed by atoms with Crippen molar-refractivity contribution in [3.8, 4) is 0 Å². The van der Waals surface area contributed by atoms with E-state index in [2.05, 4.69) is 10.6 Å². The van der Waals surface area contributed by atoms with Gasteiger partial charge in [0.1, 0.15) is 6.10 Å². The summed E-state index contributed by atoms with van der Waals surface area (Å²) in [5, 5.41) is 5.75. The van der Waals surface area contributed by atoms with Gasteiger partial charge in [0.05, 0.1) is 0 Å². The fourth-order valence-corrected chi connectivity index (χ4v) is 2.65. The van der Waals surface area contributed by atoms with Crippen molar-refractivity contribution in [3.63, 3.8) is 0 Å². The van der Waals surface area contributed by atoms with Crippen LogP contribution in [-0.4, -0.2) is 25.5 Å². The highest BCUT2D eigenvalue weighted by molar-refractivity contribution is 6.39. The molecule has 1 unspecified atom stereocenters. The molecular weight excluding hydrogens is 340 g/mol. The third-order valence-electron chi connectivity index (χ3n) is 4.04. The van der Waals surface area contributed by atoms with E-state index in [9.17, 15) is 9.59 Å². The Balaban J connectivity index is 1.98. The minimum Gasteiger partial charge on any atom is -0.375 e.